The van der Waals surface area contributed by atoms with Crippen LogP contribution in [0.5, 0.6) is 0 Å². The number of aromatic amines is 1. The van der Waals surface area contributed by atoms with E-state index in [1.54, 1.807) is 6.07 Å². The molecule has 0 saturated carbocycles. The molecule has 0 amide bonds. The van der Waals surface area contributed by atoms with Gasteiger partial charge in [-0.3, -0.25) is 0 Å². The van der Waals surface area contributed by atoms with Crippen LogP contribution >= 0.6 is 0 Å². The number of aromatic nitrogens is 2. The first-order valence-electron chi connectivity index (χ1n) is 6.04. The van der Waals surface area contributed by atoms with Gasteiger partial charge in [0, 0.05) is 5.92 Å². The first-order chi connectivity index (χ1) is 8.81. The van der Waals surface area contributed by atoms with Crippen LogP contribution in [0, 0.1) is 5.82 Å². The highest BCUT2D eigenvalue weighted by Gasteiger charge is 2.29. The average Bonchev–Trinajstić information content (AvgIpc) is 2.73. The Bertz CT molecular complexity index is 745. The molecule has 0 bridgehead atoms. The van der Waals surface area contributed by atoms with Crippen LogP contribution in [-0.4, -0.2) is 9.97 Å². The number of hydrogen-bond acceptors (Lipinski definition) is 1. The van der Waals surface area contributed by atoms with Crippen LogP contribution < -0.4 is 0 Å². The van der Waals surface area contributed by atoms with Gasteiger partial charge in [-0.05, 0) is 35.7 Å². The second-order valence-corrected chi connectivity index (χ2v) is 4.74. The Kier molecular flexibility index (Phi) is 1.87. The monoisotopic (exact) mass is 238 g/mol. The minimum Gasteiger partial charge on any atom is -0.341 e. The van der Waals surface area contributed by atoms with Gasteiger partial charge in [0.25, 0.3) is 0 Å². The molecule has 1 N–H and O–H groups in total. The van der Waals surface area contributed by atoms with Gasteiger partial charge in [0.2, 0.25) is 0 Å². The zero-order valence-electron chi connectivity index (χ0n) is 9.65. The van der Waals surface area contributed by atoms with Gasteiger partial charge in [-0.2, -0.15) is 0 Å². The SMILES string of the molecule is Fc1ccc2nc(C3Cc4ccccc43)[nH]c2c1. The van der Waals surface area contributed by atoms with Crippen molar-refractivity contribution in [3.05, 3.63) is 65.2 Å². The molecule has 88 valence electrons. The lowest BCUT2D eigenvalue weighted by Crippen LogP contribution is -2.18. The maximum Gasteiger partial charge on any atom is 0.125 e. The first kappa shape index (κ1) is 9.83. The third-order valence-corrected chi connectivity index (χ3v) is 3.65. The summed E-state index contributed by atoms with van der Waals surface area (Å²) in [5, 5.41) is 0. The van der Waals surface area contributed by atoms with Gasteiger partial charge >= 0.3 is 0 Å². The lowest BCUT2D eigenvalue weighted by atomic mass is 9.77. The number of fused-ring (bicyclic) bond motifs is 2. The molecule has 1 unspecified atom stereocenters. The van der Waals surface area contributed by atoms with Crippen LogP contribution in [0.4, 0.5) is 4.39 Å². The van der Waals surface area contributed by atoms with Crippen LogP contribution in [0.15, 0.2) is 42.5 Å². The fraction of sp³-hybridized carbons (Fsp3) is 0.133. The Hall–Kier alpha value is -2.16. The quantitative estimate of drug-likeness (QED) is 0.691. The highest BCUT2D eigenvalue weighted by molar-refractivity contribution is 5.75. The van der Waals surface area contributed by atoms with E-state index < -0.39 is 0 Å². The number of imidazole rings is 1. The molecule has 3 heteroatoms. The van der Waals surface area contributed by atoms with Crippen LogP contribution in [0.1, 0.15) is 22.9 Å². The van der Waals surface area contributed by atoms with Gasteiger partial charge in [0.1, 0.15) is 11.6 Å². The zero-order valence-corrected chi connectivity index (χ0v) is 9.65. The van der Waals surface area contributed by atoms with E-state index in [1.807, 2.05) is 6.07 Å². The molecule has 0 fully saturated rings. The highest BCUT2D eigenvalue weighted by Crippen LogP contribution is 2.39. The number of halogens is 1. The first-order valence-corrected chi connectivity index (χ1v) is 6.04. The maximum absolute atomic E-state index is 13.1. The standard InChI is InChI=1S/C15H11FN2/c16-10-5-6-13-14(8-10)18-15(17-13)12-7-9-3-1-2-4-11(9)12/h1-6,8,12H,7H2,(H,17,18). The number of nitrogens with one attached hydrogen (secondary N) is 1. The fourth-order valence-electron chi connectivity index (χ4n) is 2.67. The molecular formula is C15H11FN2. The normalized spacial score (nSPS) is 17.5. The van der Waals surface area contributed by atoms with E-state index in [-0.39, 0.29) is 5.82 Å². The van der Waals surface area contributed by atoms with E-state index in [2.05, 4.69) is 28.2 Å². The Labute approximate surface area is 103 Å². The summed E-state index contributed by atoms with van der Waals surface area (Å²) in [7, 11) is 0. The minimum absolute atomic E-state index is 0.230. The van der Waals surface area contributed by atoms with Crippen molar-refractivity contribution in [3.63, 3.8) is 0 Å². The largest absolute Gasteiger partial charge is 0.341 e. The van der Waals surface area contributed by atoms with Crippen molar-refractivity contribution in [2.24, 2.45) is 0 Å². The summed E-state index contributed by atoms with van der Waals surface area (Å²) in [6, 6.07) is 13.1. The summed E-state index contributed by atoms with van der Waals surface area (Å²) in [5.41, 5.74) is 4.32. The third-order valence-electron chi connectivity index (χ3n) is 3.65. The lowest BCUT2D eigenvalue weighted by molar-refractivity contribution is 0.629. The van der Waals surface area contributed by atoms with Gasteiger partial charge < -0.3 is 4.98 Å². The summed E-state index contributed by atoms with van der Waals surface area (Å²) in [4.78, 5) is 7.78. The van der Waals surface area contributed by atoms with E-state index in [9.17, 15) is 4.39 Å². The number of H-pyrrole nitrogens is 1. The smallest absolute Gasteiger partial charge is 0.125 e. The summed E-state index contributed by atoms with van der Waals surface area (Å²) >= 11 is 0. The predicted molar refractivity (Wildman–Crippen MR) is 68.0 cm³/mol. The maximum atomic E-state index is 13.1. The third kappa shape index (κ3) is 1.30. The van der Waals surface area contributed by atoms with Crippen LogP contribution in [0.2, 0.25) is 0 Å². The average molecular weight is 238 g/mol. The molecule has 1 aliphatic rings. The second kappa shape index (κ2) is 3.42. The molecule has 1 atom stereocenters. The van der Waals surface area contributed by atoms with Gasteiger partial charge in [-0.1, -0.05) is 24.3 Å². The van der Waals surface area contributed by atoms with E-state index in [0.29, 0.717) is 5.92 Å². The minimum atomic E-state index is -0.230. The molecule has 18 heavy (non-hydrogen) atoms. The van der Waals surface area contributed by atoms with E-state index in [4.69, 9.17) is 0 Å². The molecule has 4 rings (SSSR count). The molecule has 0 spiro atoms. The molecule has 1 aliphatic carbocycles. The molecule has 3 aromatic rings. The van der Waals surface area contributed by atoms with Crippen molar-refractivity contribution >= 4 is 11.0 Å². The highest BCUT2D eigenvalue weighted by atomic mass is 19.1. The summed E-state index contributed by atoms with van der Waals surface area (Å²) in [6.45, 7) is 0. The Morgan fingerprint density at radius 3 is 2.94 bits per heavy atom. The van der Waals surface area contributed by atoms with Gasteiger partial charge in [0.15, 0.2) is 0 Å². The molecule has 1 heterocycles. The van der Waals surface area contributed by atoms with E-state index in [0.717, 1.165) is 23.3 Å². The fourth-order valence-corrected chi connectivity index (χ4v) is 2.67. The number of benzene rings is 2. The van der Waals surface area contributed by atoms with Crippen molar-refractivity contribution in [2.75, 3.05) is 0 Å². The second-order valence-electron chi connectivity index (χ2n) is 4.74. The molecule has 0 radical (unpaired) electrons. The van der Waals surface area contributed by atoms with Crippen molar-refractivity contribution in [1.82, 2.24) is 9.97 Å². The van der Waals surface area contributed by atoms with Crippen molar-refractivity contribution in [1.29, 1.82) is 0 Å². The molecule has 2 aromatic carbocycles. The van der Waals surface area contributed by atoms with Crippen molar-refractivity contribution < 1.29 is 4.39 Å². The molecule has 0 saturated heterocycles. The van der Waals surface area contributed by atoms with Gasteiger partial charge in [0.05, 0.1) is 11.0 Å². The number of hydrogen-bond donors (Lipinski definition) is 1. The Morgan fingerprint density at radius 1 is 1.17 bits per heavy atom. The summed E-state index contributed by atoms with van der Waals surface area (Å²) in [5.74, 6) is 1.04. The molecular weight excluding hydrogens is 227 g/mol. The van der Waals surface area contributed by atoms with Gasteiger partial charge in [-0.25, -0.2) is 9.37 Å². The van der Waals surface area contributed by atoms with Crippen molar-refractivity contribution in [3.8, 4) is 0 Å². The zero-order chi connectivity index (χ0) is 12.1. The van der Waals surface area contributed by atoms with Gasteiger partial charge in [-0.15, -0.1) is 0 Å². The Morgan fingerprint density at radius 2 is 2.06 bits per heavy atom. The topological polar surface area (TPSA) is 28.7 Å². The molecule has 1 aromatic heterocycles. The Balaban J connectivity index is 1.81. The summed E-state index contributed by atoms with van der Waals surface area (Å²) in [6.07, 6.45) is 1.01. The van der Waals surface area contributed by atoms with Crippen LogP contribution in [0.3, 0.4) is 0 Å². The molecule has 0 aliphatic heterocycles. The van der Waals surface area contributed by atoms with E-state index >= 15 is 0 Å². The van der Waals surface area contributed by atoms with E-state index in [1.165, 1.54) is 23.3 Å². The number of rotatable bonds is 1. The predicted octanol–water partition coefficient (Wildman–Crippen LogP) is 3.39. The van der Waals surface area contributed by atoms with Crippen LogP contribution in [0.25, 0.3) is 11.0 Å². The molecule has 2 nitrogen and oxygen atoms in total. The summed E-state index contributed by atoms with van der Waals surface area (Å²) < 4.78 is 13.1. The van der Waals surface area contributed by atoms with Crippen LogP contribution in [-0.2, 0) is 6.42 Å². The lowest BCUT2D eigenvalue weighted by Gasteiger charge is -2.28. The number of nitrogens with zero attached hydrogens (tertiary/aromatic N) is 1. The van der Waals surface area contributed by atoms with Crippen molar-refractivity contribution in [2.45, 2.75) is 12.3 Å².